The van der Waals surface area contributed by atoms with Gasteiger partial charge in [-0.2, -0.15) is 0 Å². The molecule has 0 spiro atoms. The Morgan fingerprint density at radius 1 is 1.05 bits per heavy atom. The van der Waals surface area contributed by atoms with Crippen LogP contribution in [0.4, 0.5) is 0 Å². The molecule has 0 saturated carbocycles. The van der Waals surface area contributed by atoms with Gasteiger partial charge in [-0.15, -0.1) is 0 Å². The van der Waals surface area contributed by atoms with E-state index in [0.717, 1.165) is 39.1 Å². The summed E-state index contributed by atoms with van der Waals surface area (Å²) in [5, 5.41) is 0. The second-order valence-corrected chi connectivity index (χ2v) is 6.66. The molecule has 0 aromatic rings. The van der Waals surface area contributed by atoms with E-state index in [1.165, 1.54) is 32.1 Å². The van der Waals surface area contributed by atoms with Crippen molar-refractivity contribution in [1.82, 2.24) is 14.7 Å². The minimum absolute atomic E-state index is 0.129. The van der Waals surface area contributed by atoms with Crippen LogP contribution >= 0.6 is 0 Å². The van der Waals surface area contributed by atoms with Crippen LogP contribution in [0.3, 0.4) is 0 Å². The molecule has 122 valence electrons. The molecular weight excluding hydrogens is 262 g/mol. The highest BCUT2D eigenvalue weighted by atomic mass is 16.2. The highest BCUT2D eigenvalue weighted by Crippen LogP contribution is 2.23. The molecule has 0 aromatic carbocycles. The first-order valence-corrected chi connectivity index (χ1v) is 8.90. The molecular formula is C17H33N3O. The summed E-state index contributed by atoms with van der Waals surface area (Å²) in [6, 6.07) is 0.568. The van der Waals surface area contributed by atoms with Gasteiger partial charge < -0.3 is 9.80 Å². The van der Waals surface area contributed by atoms with E-state index >= 15 is 0 Å². The number of nitrogens with zero attached hydrogens (tertiary/aromatic N) is 3. The Kier molecular flexibility index (Phi) is 6.49. The van der Waals surface area contributed by atoms with Crippen LogP contribution in [0.15, 0.2) is 0 Å². The van der Waals surface area contributed by atoms with Gasteiger partial charge >= 0.3 is 0 Å². The van der Waals surface area contributed by atoms with Crippen molar-refractivity contribution in [2.45, 2.75) is 64.5 Å². The van der Waals surface area contributed by atoms with Crippen molar-refractivity contribution in [3.63, 3.8) is 0 Å². The Morgan fingerprint density at radius 3 is 2.52 bits per heavy atom. The molecule has 2 fully saturated rings. The average Bonchev–Trinajstić information content (AvgIpc) is 2.85. The smallest absolute Gasteiger partial charge is 0.240 e. The normalized spacial score (nSPS) is 28.1. The zero-order valence-corrected chi connectivity index (χ0v) is 14.2. The molecule has 2 saturated heterocycles. The third-order valence-corrected chi connectivity index (χ3v) is 5.33. The lowest BCUT2D eigenvalue weighted by Gasteiger charge is -2.34. The fraction of sp³-hybridized carbons (Fsp3) is 0.941. The van der Waals surface area contributed by atoms with Gasteiger partial charge in [0, 0.05) is 19.1 Å². The summed E-state index contributed by atoms with van der Waals surface area (Å²) in [5.74, 6) is 0.397. The van der Waals surface area contributed by atoms with Gasteiger partial charge in [-0.25, -0.2) is 0 Å². The minimum Gasteiger partial charge on any atom is -0.337 e. The Morgan fingerprint density at radius 2 is 1.81 bits per heavy atom. The van der Waals surface area contributed by atoms with Crippen molar-refractivity contribution >= 4 is 5.91 Å². The fourth-order valence-electron chi connectivity index (χ4n) is 3.85. The third-order valence-electron chi connectivity index (χ3n) is 5.33. The van der Waals surface area contributed by atoms with Gasteiger partial charge in [-0.1, -0.05) is 26.7 Å². The van der Waals surface area contributed by atoms with Crippen molar-refractivity contribution in [3.8, 4) is 0 Å². The molecule has 2 atom stereocenters. The van der Waals surface area contributed by atoms with Crippen LogP contribution in [0.2, 0.25) is 0 Å². The molecule has 21 heavy (non-hydrogen) atoms. The summed E-state index contributed by atoms with van der Waals surface area (Å²) < 4.78 is 0. The molecule has 0 aromatic heterocycles. The predicted octanol–water partition coefficient (Wildman–Crippen LogP) is 2.19. The van der Waals surface area contributed by atoms with Gasteiger partial charge in [-0.05, 0) is 52.4 Å². The topological polar surface area (TPSA) is 26.8 Å². The van der Waals surface area contributed by atoms with Gasteiger partial charge in [0.1, 0.15) is 0 Å². The van der Waals surface area contributed by atoms with Crippen LogP contribution in [-0.2, 0) is 4.79 Å². The Labute approximate surface area is 130 Å². The summed E-state index contributed by atoms with van der Waals surface area (Å²) in [6.45, 7) is 9.68. The fourth-order valence-corrected chi connectivity index (χ4v) is 3.85. The van der Waals surface area contributed by atoms with E-state index in [1.807, 2.05) is 0 Å². The lowest BCUT2D eigenvalue weighted by atomic mass is 10.1. The van der Waals surface area contributed by atoms with Gasteiger partial charge in [0.25, 0.3) is 0 Å². The van der Waals surface area contributed by atoms with Crippen molar-refractivity contribution < 1.29 is 4.79 Å². The zero-order valence-electron chi connectivity index (χ0n) is 14.2. The summed E-state index contributed by atoms with van der Waals surface area (Å²) in [6.07, 6.45) is 7.12. The molecule has 2 heterocycles. The standard InChI is InChI=1S/C17H33N3O/c1-4-19(5-2)14-15-10-9-13-20(15)17(21)16-11-7-6-8-12-18(16)3/h15-16H,4-14H2,1-3H3/t15-,16-/m1/s1. The number of likely N-dealkylation sites (N-methyl/N-ethyl adjacent to an activating group) is 2. The highest BCUT2D eigenvalue weighted by Gasteiger charge is 2.35. The molecule has 4 nitrogen and oxygen atoms in total. The molecule has 0 aliphatic carbocycles. The van der Waals surface area contributed by atoms with E-state index in [-0.39, 0.29) is 6.04 Å². The number of amides is 1. The maximum atomic E-state index is 13.0. The summed E-state index contributed by atoms with van der Waals surface area (Å²) >= 11 is 0. The lowest BCUT2D eigenvalue weighted by Crippen LogP contribution is -2.51. The number of likely N-dealkylation sites (tertiary alicyclic amines) is 2. The molecule has 0 N–H and O–H groups in total. The van der Waals surface area contributed by atoms with Gasteiger partial charge in [0.15, 0.2) is 0 Å². The average molecular weight is 295 g/mol. The number of carbonyl (C=O) groups excluding carboxylic acids is 1. The summed E-state index contributed by atoms with van der Waals surface area (Å²) in [5.41, 5.74) is 0. The summed E-state index contributed by atoms with van der Waals surface area (Å²) in [7, 11) is 2.13. The molecule has 0 bridgehead atoms. The second-order valence-electron chi connectivity index (χ2n) is 6.66. The van der Waals surface area contributed by atoms with E-state index in [9.17, 15) is 4.79 Å². The van der Waals surface area contributed by atoms with E-state index in [2.05, 4.69) is 35.6 Å². The predicted molar refractivity (Wildman–Crippen MR) is 87.4 cm³/mol. The quantitative estimate of drug-likeness (QED) is 0.778. The van der Waals surface area contributed by atoms with Crippen LogP contribution in [0.1, 0.15) is 52.4 Å². The van der Waals surface area contributed by atoms with Crippen LogP contribution in [0, 0.1) is 0 Å². The zero-order chi connectivity index (χ0) is 15.2. The molecule has 4 heteroatoms. The second kappa shape index (κ2) is 8.14. The number of hydrogen-bond donors (Lipinski definition) is 0. The number of carbonyl (C=O) groups is 1. The van der Waals surface area contributed by atoms with Crippen LogP contribution in [0.25, 0.3) is 0 Å². The monoisotopic (exact) mass is 295 g/mol. The molecule has 2 aliphatic rings. The van der Waals surface area contributed by atoms with Crippen molar-refractivity contribution in [3.05, 3.63) is 0 Å². The van der Waals surface area contributed by atoms with Crippen molar-refractivity contribution in [2.24, 2.45) is 0 Å². The van der Waals surface area contributed by atoms with E-state index < -0.39 is 0 Å². The first-order valence-electron chi connectivity index (χ1n) is 8.90. The van der Waals surface area contributed by atoms with Gasteiger partial charge in [0.05, 0.1) is 6.04 Å². The highest BCUT2D eigenvalue weighted by molar-refractivity contribution is 5.82. The maximum Gasteiger partial charge on any atom is 0.240 e. The Bertz CT molecular complexity index is 330. The number of hydrogen-bond acceptors (Lipinski definition) is 3. The largest absolute Gasteiger partial charge is 0.337 e. The molecule has 1 amide bonds. The van der Waals surface area contributed by atoms with E-state index in [4.69, 9.17) is 0 Å². The van der Waals surface area contributed by atoms with Crippen molar-refractivity contribution in [2.75, 3.05) is 39.8 Å². The van der Waals surface area contributed by atoms with Crippen LogP contribution < -0.4 is 0 Å². The van der Waals surface area contributed by atoms with E-state index in [1.54, 1.807) is 0 Å². The molecule has 0 radical (unpaired) electrons. The van der Waals surface area contributed by atoms with Gasteiger partial charge in [-0.3, -0.25) is 9.69 Å². The first kappa shape index (κ1) is 16.8. The number of rotatable bonds is 5. The van der Waals surface area contributed by atoms with E-state index in [0.29, 0.717) is 11.9 Å². The van der Waals surface area contributed by atoms with Crippen LogP contribution in [-0.4, -0.2) is 72.5 Å². The Hall–Kier alpha value is -0.610. The Balaban J connectivity index is 1.99. The lowest BCUT2D eigenvalue weighted by molar-refractivity contribution is -0.137. The summed E-state index contributed by atoms with van der Waals surface area (Å²) in [4.78, 5) is 19.9. The SMILES string of the molecule is CCN(CC)C[C@H]1CCCN1C(=O)[C@H]1CCCCCN1C. The first-order chi connectivity index (χ1) is 10.2. The van der Waals surface area contributed by atoms with Crippen LogP contribution in [0.5, 0.6) is 0 Å². The minimum atomic E-state index is 0.129. The molecule has 2 aliphatic heterocycles. The maximum absolute atomic E-state index is 13.0. The molecule has 2 rings (SSSR count). The third kappa shape index (κ3) is 4.19. The van der Waals surface area contributed by atoms with Crippen molar-refractivity contribution in [1.29, 1.82) is 0 Å². The molecule has 0 unspecified atom stereocenters. The van der Waals surface area contributed by atoms with Gasteiger partial charge in [0.2, 0.25) is 5.91 Å².